The number of aromatic nitrogens is 2. The van der Waals surface area contributed by atoms with Crippen LogP contribution >= 0.6 is 11.6 Å². The van der Waals surface area contributed by atoms with Gasteiger partial charge in [0.15, 0.2) is 11.5 Å². The highest BCUT2D eigenvalue weighted by atomic mass is 35.5. The molecule has 0 fully saturated rings. The molecule has 0 atom stereocenters. The van der Waals surface area contributed by atoms with Crippen LogP contribution in [0.1, 0.15) is 24.6 Å². The van der Waals surface area contributed by atoms with Gasteiger partial charge < -0.3 is 14.8 Å². The molecule has 3 N–H and O–H groups in total. The molecule has 3 aromatic rings. The number of amides is 1. The number of hydrogen-bond acceptors (Lipinski definition) is 6. The van der Waals surface area contributed by atoms with E-state index in [1.807, 2.05) is 12.1 Å². The summed E-state index contributed by atoms with van der Waals surface area (Å²) in [6.45, 7) is 2.15. The van der Waals surface area contributed by atoms with Crippen molar-refractivity contribution in [2.75, 3.05) is 6.61 Å². The summed E-state index contributed by atoms with van der Waals surface area (Å²) in [6, 6.07) is 10.2. The number of hydrogen-bond donors (Lipinski definition) is 3. The number of ether oxygens (including phenoxy) is 1. The lowest BCUT2D eigenvalue weighted by Gasteiger charge is -2.08. The number of phenolic OH excluding ortho intramolecular Hbond substituents is 1. The van der Waals surface area contributed by atoms with Crippen molar-refractivity contribution in [2.45, 2.75) is 19.8 Å². The average Bonchev–Trinajstić information content (AvgIpc) is 2.70. The third-order valence-electron chi connectivity index (χ3n) is 4.01. The van der Waals surface area contributed by atoms with E-state index in [0.29, 0.717) is 23.2 Å². The lowest BCUT2D eigenvalue weighted by Crippen LogP contribution is -2.21. The van der Waals surface area contributed by atoms with Crippen molar-refractivity contribution in [3.8, 4) is 11.5 Å². The molecule has 0 radical (unpaired) electrons. The van der Waals surface area contributed by atoms with E-state index in [4.69, 9.17) is 16.3 Å². The van der Waals surface area contributed by atoms with E-state index < -0.39 is 0 Å². The Labute approximate surface area is 171 Å². The molecule has 29 heavy (non-hydrogen) atoms. The molecular formula is C20H19ClN4O4. The normalized spacial score (nSPS) is 11.1. The van der Waals surface area contributed by atoms with Crippen LogP contribution in [0.5, 0.6) is 11.5 Å². The fourth-order valence-corrected chi connectivity index (χ4v) is 2.86. The molecule has 0 saturated carbocycles. The molecule has 8 nitrogen and oxygen atoms in total. The number of fused-ring (bicyclic) bond motifs is 1. The van der Waals surface area contributed by atoms with E-state index in [1.54, 1.807) is 25.1 Å². The second kappa shape index (κ2) is 9.20. The number of benzene rings is 2. The first-order chi connectivity index (χ1) is 14.0. The summed E-state index contributed by atoms with van der Waals surface area (Å²) in [6.07, 6.45) is 1.61. The van der Waals surface area contributed by atoms with Gasteiger partial charge in [-0.3, -0.25) is 9.59 Å². The second-order valence-corrected chi connectivity index (χ2v) is 6.51. The van der Waals surface area contributed by atoms with Crippen molar-refractivity contribution in [1.29, 1.82) is 0 Å². The van der Waals surface area contributed by atoms with Gasteiger partial charge in [0.25, 0.3) is 5.56 Å². The molecule has 0 unspecified atom stereocenters. The van der Waals surface area contributed by atoms with Gasteiger partial charge in [0, 0.05) is 12.8 Å². The Hall–Kier alpha value is -3.39. The average molecular weight is 415 g/mol. The van der Waals surface area contributed by atoms with Crippen molar-refractivity contribution in [2.24, 2.45) is 5.10 Å². The topological polar surface area (TPSA) is 117 Å². The zero-order valence-corrected chi connectivity index (χ0v) is 16.4. The highest BCUT2D eigenvalue weighted by Gasteiger charge is 2.10. The molecule has 2 aromatic carbocycles. The number of rotatable bonds is 7. The van der Waals surface area contributed by atoms with Crippen molar-refractivity contribution in [3.63, 3.8) is 0 Å². The first-order valence-corrected chi connectivity index (χ1v) is 9.31. The van der Waals surface area contributed by atoms with Crippen LogP contribution in [0.3, 0.4) is 0 Å². The van der Waals surface area contributed by atoms with Crippen molar-refractivity contribution in [1.82, 2.24) is 15.4 Å². The molecule has 0 aliphatic carbocycles. The van der Waals surface area contributed by atoms with E-state index in [2.05, 4.69) is 20.5 Å². The Bertz CT molecular complexity index is 1130. The van der Waals surface area contributed by atoms with Gasteiger partial charge in [-0.05, 0) is 36.8 Å². The van der Waals surface area contributed by atoms with Gasteiger partial charge in [0.2, 0.25) is 5.91 Å². The number of hydrazone groups is 1. The summed E-state index contributed by atoms with van der Waals surface area (Å²) in [7, 11) is 0. The van der Waals surface area contributed by atoms with E-state index >= 15 is 0 Å². The van der Waals surface area contributed by atoms with E-state index in [-0.39, 0.29) is 46.5 Å². The van der Waals surface area contributed by atoms with Gasteiger partial charge in [-0.25, -0.2) is 10.4 Å². The number of carbonyl (C=O) groups excluding carboxylic acids is 1. The van der Waals surface area contributed by atoms with Crippen molar-refractivity contribution < 1.29 is 14.6 Å². The van der Waals surface area contributed by atoms with Crippen LogP contribution in [0.2, 0.25) is 5.02 Å². The monoisotopic (exact) mass is 414 g/mol. The van der Waals surface area contributed by atoms with E-state index in [1.165, 1.54) is 12.3 Å². The molecule has 150 valence electrons. The maximum absolute atomic E-state index is 12.1. The van der Waals surface area contributed by atoms with E-state index in [9.17, 15) is 14.7 Å². The molecule has 0 aliphatic heterocycles. The SMILES string of the molecule is CCOc1cc(/C=N\NC(=O)CCc2nc3ccccc3[nH]c2=O)cc(Cl)c1O. The van der Waals surface area contributed by atoms with Crippen LogP contribution in [0.15, 0.2) is 46.3 Å². The number of carbonyl (C=O) groups is 1. The summed E-state index contributed by atoms with van der Waals surface area (Å²) in [5.41, 5.74) is 4.21. The molecular weight excluding hydrogens is 396 g/mol. The van der Waals surface area contributed by atoms with Crippen LogP contribution in [0, 0.1) is 0 Å². The number of aromatic amines is 1. The van der Waals surface area contributed by atoms with Gasteiger partial charge in [0.1, 0.15) is 5.69 Å². The lowest BCUT2D eigenvalue weighted by atomic mass is 10.2. The zero-order chi connectivity index (χ0) is 20.8. The number of phenols is 1. The molecule has 3 rings (SSSR count). The summed E-state index contributed by atoms with van der Waals surface area (Å²) < 4.78 is 5.29. The Morgan fingerprint density at radius 3 is 2.97 bits per heavy atom. The predicted octanol–water partition coefficient (Wildman–Crippen LogP) is 2.76. The molecule has 0 saturated heterocycles. The largest absolute Gasteiger partial charge is 0.503 e. The predicted molar refractivity (Wildman–Crippen MR) is 111 cm³/mol. The smallest absolute Gasteiger partial charge is 0.270 e. The van der Waals surface area contributed by atoms with Gasteiger partial charge >= 0.3 is 0 Å². The van der Waals surface area contributed by atoms with Gasteiger partial charge in [-0.1, -0.05) is 23.7 Å². The third-order valence-corrected chi connectivity index (χ3v) is 4.30. The summed E-state index contributed by atoms with van der Waals surface area (Å²) in [5.74, 6) is -0.289. The summed E-state index contributed by atoms with van der Waals surface area (Å²) in [4.78, 5) is 31.1. The van der Waals surface area contributed by atoms with Gasteiger partial charge in [0.05, 0.1) is 28.9 Å². The first kappa shape index (κ1) is 20.3. The minimum absolute atomic E-state index is 0.0479. The molecule has 0 spiro atoms. The number of aryl methyl sites for hydroxylation is 1. The lowest BCUT2D eigenvalue weighted by molar-refractivity contribution is -0.121. The second-order valence-electron chi connectivity index (χ2n) is 6.11. The molecule has 0 bridgehead atoms. The van der Waals surface area contributed by atoms with Crippen molar-refractivity contribution in [3.05, 3.63) is 63.0 Å². The summed E-state index contributed by atoms with van der Waals surface area (Å²) >= 11 is 5.95. The van der Waals surface area contributed by atoms with Gasteiger partial charge in [-0.2, -0.15) is 5.10 Å². The Balaban J connectivity index is 1.60. The number of halogens is 1. The van der Waals surface area contributed by atoms with Crippen LogP contribution in [-0.4, -0.2) is 33.8 Å². The van der Waals surface area contributed by atoms with E-state index in [0.717, 1.165) is 0 Å². The number of nitrogens with zero attached hydrogens (tertiary/aromatic N) is 2. The Morgan fingerprint density at radius 1 is 1.38 bits per heavy atom. The Morgan fingerprint density at radius 2 is 2.17 bits per heavy atom. The molecule has 1 amide bonds. The van der Waals surface area contributed by atoms with Gasteiger partial charge in [-0.15, -0.1) is 0 Å². The number of para-hydroxylation sites is 2. The first-order valence-electron chi connectivity index (χ1n) is 8.93. The molecule has 1 heterocycles. The maximum Gasteiger partial charge on any atom is 0.270 e. The van der Waals surface area contributed by atoms with Crippen molar-refractivity contribution >= 4 is 34.8 Å². The number of aromatic hydroxyl groups is 1. The quantitative estimate of drug-likeness (QED) is 0.406. The fourth-order valence-electron chi connectivity index (χ4n) is 2.64. The standard InChI is InChI=1S/C20H19ClN4O4/c1-2-29-17-10-12(9-13(21)19(17)27)11-22-25-18(26)8-7-16-20(28)24-15-6-4-3-5-14(15)23-16/h3-6,9-11,27H,2,7-8H2,1H3,(H,24,28)(H,25,26)/b22-11-. The highest BCUT2D eigenvalue weighted by Crippen LogP contribution is 2.34. The highest BCUT2D eigenvalue weighted by molar-refractivity contribution is 6.32. The van der Waals surface area contributed by atoms with Crippen LogP contribution < -0.4 is 15.7 Å². The Kier molecular flexibility index (Phi) is 6.46. The maximum atomic E-state index is 12.1. The zero-order valence-electron chi connectivity index (χ0n) is 15.6. The number of nitrogens with one attached hydrogen (secondary N) is 2. The third kappa shape index (κ3) is 5.11. The molecule has 0 aliphatic rings. The van der Waals surface area contributed by atoms with Crippen LogP contribution in [0.4, 0.5) is 0 Å². The molecule has 9 heteroatoms. The minimum Gasteiger partial charge on any atom is -0.503 e. The minimum atomic E-state index is -0.370. The molecule has 1 aromatic heterocycles. The van der Waals surface area contributed by atoms with Crippen LogP contribution in [-0.2, 0) is 11.2 Å². The number of H-pyrrole nitrogens is 1. The van der Waals surface area contributed by atoms with Crippen LogP contribution in [0.25, 0.3) is 11.0 Å². The fraction of sp³-hybridized carbons (Fsp3) is 0.200. The summed E-state index contributed by atoms with van der Waals surface area (Å²) in [5, 5.41) is 13.8.